The van der Waals surface area contributed by atoms with Gasteiger partial charge in [-0.15, -0.1) is 0 Å². The van der Waals surface area contributed by atoms with E-state index in [9.17, 15) is 14.4 Å². The molecule has 1 rings (SSSR count). The van der Waals surface area contributed by atoms with Gasteiger partial charge in [0.15, 0.2) is 0 Å². The van der Waals surface area contributed by atoms with Gasteiger partial charge in [0.25, 0.3) is 0 Å². The average Bonchev–Trinajstić information content (AvgIpc) is 2.73. The van der Waals surface area contributed by atoms with E-state index in [4.69, 9.17) is 9.96 Å². The number of allylic oxidation sites excluding steroid dienone is 4. The van der Waals surface area contributed by atoms with Crippen molar-refractivity contribution in [3.63, 3.8) is 0 Å². The van der Waals surface area contributed by atoms with Crippen LogP contribution >= 0.6 is 0 Å². The third-order valence-electron chi connectivity index (χ3n) is 4.98. The molecule has 1 aliphatic carbocycles. The van der Waals surface area contributed by atoms with Crippen LogP contribution in [0.15, 0.2) is 20.6 Å². The zero-order chi connectivity index (χ0) is 20.3. The predicted molar refractivity (Wildman–Crippen MR) is 94.0 cm³/mol. The van der Waals surface area contributed by atoms with Crippen molar-refractivity contribution in [3.8, 4) is 0 Å². The molecule has 0 spiro atoms. The normalized spacial score (nSPS) is 16.6. The Morgan fingerprint density at radius 3 is 1.35 bits per heavy atom. The molecular weight excluding hydrogens is 372 g/mol. The molecule has 0 aliphatic heterocycles. The summed E-state index contributed by atoms with van der Waals surface area (Å²) in [6.07, 6.45) is 0.287. The first kappa shape index (κ1) is 22.6. The van der Waals surface area contributed by atoms with Crippen LogP contribution in [0.2, 0.25) is 0 Å². The maximum atomic E-state index is 12.2. The molecule has 0 unspecified atom stereocenters. The first-order chi connectivity index (χ1) is 12.0. The molecule has 0 heterocycles. The van der Waals surface area contributed by atoms with Crippen LogP contribution in [0.1, 0.15) is 74.7 Å². The van der Waals surface area contributed by atoms with Gasteiger partial charge in [-0.3, -0.25) is 0 Å². The third kappa shape index (κ3) is 4.29. The van der Waals surface area contributed by atoms with E-state index in [0.29, 0.717) is 3.88 Å². The number of carbonyl (C=O) groups is 3. The second kappa shape index (κ2) is 8.53. The first-order valence-electron chi connectivity index (χ1n) is 9.02. The SMILES string of the molecule is CCC(=O)[O][Ti]([O]C(=O)CC)([O]C(=O)CC)[C]1=C(C)C(C)=C(C)C1(C)C. The molecule has 146 valence electrons. The summed E-state index contributed by atoms with van der Waals surface area (Å²) >= 11 is -4.78. The molecule has 0 radical (unpaired) electrons. The van der Waals surface area contributed by atoms with Crippen molar-refractivity contribution >= 4 is 17.9 Å². The molecule has 1 aliphatic rings. The van der Waals surface area contributed by atoms with Crippen LogP contribution in [0.5, 0.6) is 0 Å². The molecule has 26 heavy (non-hydrogen) atoms. The molecule has 0 amide bonds. The van der Waals surface area contributed by atoms with Crippen LogP contribution in [-0.2, 0) is 42.1 Å². The number of hydrogen-bond donors (Lipinski definition) is 0. The maximum absolute atomic E-state index is 12.2. The van der Waals surface area contributed by atoms with E-state index < -0.39 is 41.1 Å². The summed E-state index contributed by atoms with van der Waals surface area (Å²) in [6.45, 7) is 14.7. The zero-order valence-corrected chi connectivity index (χ0v) is 18.6. The summed E-state index contributed by atoms with van der Waals surface area (Å²) in [4.78, 5) is 36.6. The fourth-order valence-corrected chi connectivity index (χ4v) is 8.34. The van der Waals surface area contributed by atoms with Crippen molar-refractivity contribution in [3.05, 3.63) is 20.6 Å². The summed E-state index contributed by atoms with van der Waals surface area (Å²) in [5, 5.41) is 0. The Bertz CT molecular complexity index is 626. The Morgan fingerprint density at radius 2 is 1.12 bits per heavy atom. The Hall–Kier alpha value is -1.40. The standard InChI is InChI=1S/C10H15.3C3H6O2.Ti/c1-7-6-10(4,5)9(3)8(7)2;3*1-2-3(4)5;/h1-5H3;3*2H2,1H3,(H,4,5);/q;;;;+3/p-3. The van der Waals surface area contributed by atoms with Gasteiger partial charge in [-0.2, -0.15) is 0 Å². The molecule has 0 bridgehead atoms. The van der Waals surface area contributed by atoms with Gasteiger partial charge in [-0.1, -0.05) is 0 Å². The second-order valence-electron chi connectivity index (χ2n) is 6.91. The molecular formula is C19H30O6Ti. The molecule has 0 saturated heterocycles. The van der Waals surface area contributed by atoms with Crippen molar-refractivity contribution in [1.29, 1.82) is 0 Å². The number of carbonyl (C=O) groups excluding carboxylic acids is 3. The zero-order valence-electron chi connectivity index (χ0n) is 17.1. The molecule has 0 fully saturated rings. The van der Waals surface area contributed by atoms with Gasteiger partial charge in [0.05, 0.1) is 0 Å². The fourth-order valence-electron chi connectivity index (χ4n) is 3.09. The third-order valence-corrected chi connectivity index (χ3v) is 9.82. The van der Waals surface area contributed by atoms with Gasteiger partial charge < -0.3 is 0 Å². The van der Waals surface area contributed by atoms with E-state index in [1.807, 2.05) is 34.6 Å². The van der Waals surface area contributed by atoms with Crippen LogP contribution < -0.4 is 0 Å². The van der Waals surface area contributed by atoms with E-state index in [0.717, 1.165) is 16.7 Å². The monoisotopic (exact) mass is 402 g/mol. The quantitative estimate of drug-likeness (QED) is 0.588. The molecule has 0 aromatic rings. The number of hydrogen-bond acceptors (Lipinski definition) is 6. The molecule has 0 atom stereocenters. The Morgan fingerprint density at radius 1 is 0.769 bits per heavy atom. The van der Waals surface area contributed by atoms with Gasteiger partial charge in [0.2, 0.25) is 0 Å². The Kier molecular flexibility index (Phi) is 7.43. The van der Waals surface area contributed by atoms with Gasteiger partial charge in [-0.05, 0) is 0 Å². The summed E-state index contributed by atoms with van der Waals surface area (Å²) in [5.74, 6) is -1.64. The fraction of sp³-hybridized carbons (Fsp3) is 0.632. The van der Waals surface area contributed by atoms with Crippen LogP contribution in [0, 0.1) is 5.41 Å². The van der Waals surface area contributed by atoms with Crippen molar-refractivity contribution in [1.82, 2.24) is 0 Å². The summed E-state index contributed by atoms with van der Waals surface area (Å²) < 4.78 is 17.7. The first-order valence-corrected chi connectivity index (χ1v) is 11.7. The van der Waals surface area contributed by atoms with Gasteiger partial charge in [0, 0.05) is 0 Å². The van der Waals surface area contributed by atoms with E-state index in [2.05, 4.69) is 0 Å². The summed E-state index contributed by atoms with van der Waals surface area (Å²) in [5.41, 5.74) is 2.44. The van der Waals surface area contributed by atoms with E-state index in [1.165, 1.54) is 0 Å². The van der Waals surface area contributed by atoms with E-state index in [-0.39, 0.29) is 19.3 Å². The molecule has 7 heteroatoms. The molecule has 0 N–H and O–H groups in total. The predicted octanol–water partition coefficient (Wildman–Crippen LogP) is 4.40. The van der Waals surface area contributed by atoms with Crippen LogP contribution in [-0.4, -0.2) is 17.9 Å². The average molecular weight is 402 g/mol. The van der Waals surface area contributed by atoms with Crippen molar-refractivity contribution < 1.29 is 42.1 Å². The minimum atomic E-state index is -4.78. The van der Waals surface area contributed by atoms with Gasteiger partial charge >= 0.3 is 161 Å². The molecule has 6 nitrogen and oxygen atoms in total. The van der Waals surface area contributed by atoms with Crippen molar-refractivity contribution in [2.75, 3.05) is 0 Å². The summed E-state index contributed by atoms with van der Waals surface area (Å²) in [6, 6.07) is 0. The minimum absolute atomic E-state index is 0.0957. The van der Waals surface area contributed by atoms with Crippen LogP contribution in [0.3, 0.4) is 0 Å². The van der Waals surface area contributed by atoms with Crippen molar-refractivity contribution in [2.24, 2.45) is 5.41 Å². The Balaban J connectivity index is 3.67. The Labute approximate surface area is 160 Å². The number of rotatable bonds is 7. The molecule has 0 aromatic carbocycles. The second-order valence-corrected chi connectivity index (χ2v) is 10.4. The van der Waals surface area contributed by atoms with Gasteiger partial charge in [-0.25, -0.2) is 0 Å². The summed E-state index contributed by atoms with van der Waals surface area (Å²) in [7, 11) is 0. The molecule has 0 saturated carbocycles. The van der Waals surface area contributed by atoms with Gasteiger partial charge in [0.1, 0.15) is 0 Å². The van der Waals surface area contributed by atoms with E-state index >= 15 is 0 Å². The topological polar surface area (TPSA) is 78.9 Å². The molecule has 0 aromatic heterocycles. The van der Waals surface area contributed by atoms with Crippen LogP contribution in [0.25, 0.3) is 0 Å². The van der Waals surface area contributed by atoms with E-state index in [1.54, 1.807) is 20.8 Å². The van der Waals surface area contributed by atoms with Crippen molar-refractivity contribution in [2.45, 2.75) is 74.7 Å². The van der Waals surface area contributed by atoms with Crippen LogP contribution in [0.4, 0.5) is 0 Å².